The molecule has 0 saturated heterocycles. The van der Waals surface area contributed by atoms with Gasteiger partial charge in [-0.15, -0.1) is 13.2 Å². The van der Waals surface area contributed by atoms with Gasteiger partial charge in [-0.1, -0.05) is 92.9 Å². The van der Waals surface area contributed by atoms with E-state index in [-0.39, 0.29) is 65.8 Å². The summed E-state index contributed by atoms with van der Waals surface area (Å²) in [5.74, 6) is 0. The Hall–Kier alpha value is 1.02. The average Bonchev–Trinajstić information content (AvgIpc) is 2.82. The largest absolute Gasteiger partial charge is 4.00 e. The molecule has 0 amide bonds. The summed E-state index contributed by atoms with van der Waals surface area (Å²) in [5, 5.41) is 19.1. The van der Waals surface area contributed by atoms with Crippen LogP contribution in [0.1, 0.15) is 119 Å². The van der Waals surface area contributed by atoms with E-state index in [4.69, 9.17) is 0 Å². The first-order chi connectivity index (χ1) is 17.1. The molecule has 0 aromatic heterocycles. The van der Waals surface area contributed by atoms with Crippen LogP contribution >= 0.6 is 15.6 Å². The molecular formula is C24H54O10P2Zr. The number of rotatable bonds is 20. The van der Waals surface area contributed by atoms with Crippen LogP contribution in [0, 0.1) is 0 Å². The Morgan fingerprint density at radius 3 is 0.757 bits per heavy atom. The van der Waals surface area contributed by atoms with Crippen molar-refractivity contribution in [1.82, 2.24) is 0 Å². The van der Waals surface area contributed by atoms with Gasteiger partial charge in [0.05, 0.1) is 26.4 Å². The molecule has 10 nitrogen and oxygen atoms in total. The predicted octanol–water partition coefficient (Wildman–Crippen LogP) is 4.47. The van der Waals surface area contributed by atoms with Gasteiger partial charge < -0.3 is 38.1 Å². The Morgan fingerprint density at radius 1 is 0.459 bits per heavy atom. The molecule has 0 aliphatic carbocycles. The van der Waals surface area contributed by atoms with Crippen molar-refractivity contribution in [3.8, 4) is 0 Å². The van der Waals surface area contributed by atoms with E-state index in [1.807, 2.05) is 41.5 Å². The Bertz CT molecular complexity index is 414. The van der Waals surface area contributed by atoms with Crippen LogP contribution in [0.4, 0.5) is 0 Å². The van der Waals surface area contributed by atoms with E-state index in [0.29, 0.717) is 0 Å². The smallest absolute Gasteiger partial charge is 0.854 e. The maximum atomic E-state index is 11.0. The Labute approximate surface area is 246 Å². The van der Waals surface area contributed by atoms with Crippen LogP contribution in [0.15, 0.2) is 0 Å². The molecule has 0 aliphatic heterocycles. The Morgan fingerprint density at radius 2 is 0.649 bits per heavy atom. The molecule has 0 saturated carbocycles. The van der Waals surface area contributed by atoms with Crippen LogP contribution < -0.4 is 20.0 Å². The zero-order valence-electron chi connectivity index (χ0n) is 24.2. The summed E-state index contributed by atoms with van der Waals surface area (Å²) in [7, 11) is -8.00. The summed E-state index contributed by atoms with van der Waals surface area (Å²) in [6, 6.07) is 0. The van der Waals surface area contributed by atoms with E-state index in [9.17, 15) is 29.1 Å². The first kappa shape index (κ1) is 47.8. The van der Waals surface area contributed by atoms with Crippen molar-refractivity contribution in [2.45, 2.75) is 119 Å². The molecule has 0 radical (unpaired) electrons. The first-order valence-electron chi connectivity index (χ1n) is 13.4. The molecule has 0 aliphatic rings. The molecule has 37 heavy (non-hydrogen) atoms. The van der Waals surface area contributed by atoms with Gasteiger partial charge >= 0.3 is 26.2 Å². The maximum Gasteiger partial charge on any atom is 4.00 e. The van der Waals surface area contributed by atoms with Gasteiger partial charge in [0, 0.05) is 0 Å². The summed E-state index contributed by atoms with van der Waals surface area (Å²) < 4.78 is 40.3. The second-order valence-electron chi connectivity index (χ2n) is 7.76. The molecule has 0 N–H and O–H groups in total. The van der Waals surface area contributed by atoms with E-state index < -0.39 is 15.6 Å². The third kappa shape index (κ3) is 53.9. The zero-order valence-corrected chi connectivity index (χ0v) is 28.5. The Kier molecular flexibility index (Phi) is 50.6. The van der Waals surface area contributed by atoms with E-state index in [0.717, 1.165) is 77.0 Å². The van der Waals surface area contributed by atoms with Crippen LogP contribution in [0.25, 0.3) is 0 Å². The minimum absolute atomic E-state index is 0. The first-order valence-corrected chi connectivity index (χ1v) is 16.4. The second kappa shape index (κ2) is 39.2. The number of unbranched alkanes of at least 4 members (excludes halogenated alkanes) is 6. The molecule has 0 spiro atoms. The van der Waals surface area contributed by atoms with Crippen LogP contribution in [-0.2, 0) is 53.4 Å². The van der Waals surface area contributed by atoms with Gasteiger partial charge in [-0.2, -0.15) is 0 Å². The topological polar surface area (TPSA) is 163 Å². The van der Waals surface area contributed by atoms with E-state index in [1.165, 1.54) is 0 Å². The van der Waals surface area contributed by atoms with Crippen molar-refractivity contribution in [2.75, 3.05) is 39.6 Å². The number of phosphoric ester groups is 2. The van der Waals surface area contributed by atoms with Gasteiger partial charge in [0.1, 0.15) is 0 Å². The van der Waals surface area contributed by atoms with Gasteiger partial charge in [-0.25, -0.2) is 0 Å². The quantitative estimate of drug-likeness (QED) is 0.135. The molecule has 0 fully saturated rings. The van der Waals surface area contributed by atoms with Gasteiger partial charge in [0.15, 0.2) is 0 Å². The number of hydrogen-bond donors (Lipinski definition) is 0. The van der Waals surface area contributed by atoms with Crippen molar-refractivity contribution in [3.05, 3.63) is 0 Å². The molecule has 13 heteroatoms. The monoisotopic (exact) mass is 654 g/mol. The second-order valence-corrected chi connectivity index (χ2v) is 10.6. The van der Waals surface area contributed by atoms with Crippen molar-refractivity contribution in [3.63, 3.8) is 0 Å². The maximum absolute atomic E-state index is 11.0. The summed E-state index contributed by atoms with van der Waals surface area (Å²) in [6.07, 6.45) is 10.3. The normalized spacial score (nSPS) is 10.6. The van der Waals surface area contributed by atoms with E-state index in [2.05, 4.69) is 18.1 Å². The van der Waals surface area contributed by atoms with E-state index >= 15 is 0 Å². The molecule has 224 valence electrons. The van der Waals surface area contributed by atoms with Gasteiger partial charge in [-0.05, 0) is 25.7 Å². The van der Waals surface area contributed by atoms with Crippen LogP contribution in [0.2, 0.25) is 0 Å². The molecular weight excluding hydrogens is 601 g/mol. The molecule has 0 heterocycles. The molecule has 0 unspecified atom stereocenters. The SMILES string of the molecule is CCCCOP(=O)([O-])OCCCC.CCCCOP(=O)([O-])OCCCC.CCCC[O-].CCCC[O-].[Zr+4]. The molecule has 0 rings (SSSR count). The minimum atomic E-state index is -4.00. The fourth-order valence-electron chi connectivity index (χ4n) is 1.65. The minimum Gasteiger partial charge on any atom is -0.854 e. The molecule has 0 aromatic rings. The van der Waals surface area contributed by atoms with Crippen LogP contribution in [0.5, 0.6) is 0 Å². The Balaban J connectivity index is -0.000000133. The van der Waals surface area contributed by atoms with Crippen molar-refractivity contribution in [1.29, 1.82) is 0 Å². The summed E-state index contributed by atoms with van der Waals surface area (Å²) in [5.41, 5.74) is 0. The molecule has 0 aromatic carbocycles. The molecule has 0 bridgehead atoms. The van der Waals surface area contributed by atoms with Crippen LogP contribution in [-0.4, -0.2) is 39.6 Å². The van der Waals surface area contributed by atoms with Crippen molar-refractivity contribution in [2.24, 2.45) is 0 Å². The molecule has 0 atom stereocenters. The van der Waals surface area contributed by atoms with Crippen molar-refractivity contribution < 1.29 is 73.4 Å². The van der Waals surface area contributed by atoms with E-state index in [1.54, 1.807) is 0 Å². The number of hydrogen-bond acceptors (Lipinski definition) is 10. The predicted molar refractivity (Wildman–Crippen MR) is 138 cm³/mol. The third-order valence-corrected chi connectivity index (χ3v) is 5.98. The standard InChI is InChI=1S/2C8H19O4P.2C4H9O.Zr/c2*1-3-5-7-11-13(9,10)12-8-6-4-2;2*1-2-3-4-5;/h2*3-8H2,1-2H3,(H,9,10);2*2-4H2,1H3;/q;;2*-1;+4/p-2. The van der Waals surface area contributed by atoms with Crippen molar-refractivity contribution >= 4 is 15.6 Å². The summed E-state index contributed by atoms with van der Waals surface area (Å²) in [4.78, 5) is 21.9. The van der Waals surface area contributed by atoms with Crippen LogP contribution in [0.3, 0.4) is 0 Å². The third-order valence-electron chi connectivity index (χ3n) is 3.98. The van der Waals surface area contributed by atoms with Gasteiger partial charge in [-0.3, -0.25) is 9.13 Å². The summed E-state index contributed by atoms with van der Waals surface area (Å²) >= 11 is 0. The average molecular weight is 656 g/mol. The summed E-state index contributed by atoms with van der Waals surface area (Å²) in [6.45, 7) is 13.0. The zero-order chi connectivity index (χ0) is 28.6. The van der Waals surface area contributed by atoms with Gasteiger partial charge in [0.25, 0.3) is 15.6 Å². The fourth-order valence-corrected chi connectivity index (χ4v) is 3.21. The van der Waals surface area contributed by atoms with Gasteiger partial charge in [0.2, 0.25) is 0 Å². The fraction of sp³-hybridized carbons (Fsp3) is 1.00. The number of phosphoric acid groups is 2.